The molecule has 1 aliphatic heterocycles. The first-order valence-electron chi connectivity index (χ1n) is 9.55. The summed E-state index contributed by atoms with van der Waals surface area (Å²) in [6.45, 7) is 7.52. The number of nitrogens with one attached hydrogen (secondary N) is 2. The van der Waals surface area contributed by atoms with Gasteiger partial charge < -0.3 is 20.3 Å². The normalized spacial score (nSPS) is 13.0. The van der Waals surface area contributed by atoms with Crippen LogP contribution in [0.15, 0.2) is 78.3 Å². The van der Waals surface area contributed by atoms with Crippen LogP contribution in [0.5, 0.6) is 5.75 Å². The van der Waals surface area contributed by atoms with Crippen molar-refractivity contribution in [3.63, 3.8) is 0 Å². The second-order valence-electron chi connectivity index (χ2n) is 6.53. The van der Waals surface area contributed by atoms with E-state index in [1.165, 1.54) is 11.3 Å². The van der Waals surface area contributed by atoms with Gasteiger partial charge in [0.15, 0.2) is 5.96 Å². The first kappa shape index (κ1) is 22.8. The number of rotatable bonds is 8. The molecular formula is C23H29IN4O. The Morgan fingerprint density at radius 2 is 1.76 bits per heavy atom. The lowest BCUT2D eigenvalue weighted by molar-refractivity contribution is 0.358. The van der Waals surface area contributed by atoms with E-state index in [0.717, 1.165) is 30.4 Å². The van der Waals surface area contributed by atoms with Gasteiger partial charge in [-0.15, -0.1) is 24.0 Å². The van der Waals surface area contributed by atoms with E-state index in [4.69, 9.17) is 4.74 Å². The van der Waals surface area contributed by atoms with Crippen LogP contribution in [-0.4, -0.2) is 32.7 Å². The number of hydrogen-bond donors (Lipinski definition) is 2. The van der Waals surface area contributed by atoms with Gasteiger partial charge in [0.25, 0.3) is 0 Å². The topological polar surface area (TPSA) is 48.9 Å². The quantitative estimate of drug-likeness (QED) is 0.246. The number of halogens is 1. The Bertz CT molecular complexity index is 825. The SMILES string of the molecule is C=CCOc1ccccc1CNC(=NC)NCc1ccc(N2CC=CC2)cc1.I. The van der Waals surface area contributed by atoms with E-state index in [1.54, 1.807) is 13.1 Å². The minimum absolute atomic E-state index is 0. The molecular weight excluding hydrogens is 475 g/mol. The number of guanidine groups is 1. The lowest BCUT2D eigenvalue weighted by Crippen LogP contribution is -2.36. The minimum Gasteiger partial charge on any atom is -0.489 e. The predicted octanol–water partition coefficient (Wildman–Crippen LogP) is 4.11. The van der Waals surface area contributed by atoms with E-state index in [-0.39, 0.29) is 24.0 Å². The summed E-state index contributed by atoms with van der Waals surface area (Å²) in [6, 6.07) is 16.7. The molecule has 0 aliphatic carbocycles. The molecule has 0 amide bonds. The second-order valence-corrected chi connectivity index (χ2v) is 6.53. The van der Waals surface area contributed by atoms with Crippen LogP contribution >= 0.6 is 24.0 Å². The molecule has 2 aromatic rings. The van der Waals surface area contributed by atoms with E-state index in [9.17, 15) is 0 Å². The largest absolute Gasteiger partial charge is 0.489 e. The molecule has 0 spiro atoms. The molecule has 0 aromatic heterocycles. The van der Waals surface area contributed by atoms with Gasteiger partial charge in [-0.25, -0.2) is 0 Å². The number of para-hydroxylation sites is 1. The fraction of sp³-hybridized carbons (Fsp3) is 0.261. The molecule has 5 nitrogen and oxygen atoms in total. The standard InChI is InChI=1S/C23H28N4O.HI/c1-3-16-28-22-9-5-4-8-20(22)18-26-23(24-2)25-17-19-10-12-21(13-11-19)27-14-6-7-15-27;/h3-13H,1,14-18H2,2H3,(H2,24,25,26);1H. The summed E-state index contributed by atoms with van der Waals surface area (Å²) in [6.07, 6.45) is 6.15. The number of nitrogens with zero attached hydrogens (tertiary/aromatic N) is 2. The third-order valence-corrected chi connectivity index (χ3v) is 4.58. The Morgan fingerprint density at radius 1 is 1.07 bits per heavy atom. The molecule has 3 rings (SSSR count). The van der Waals surface area contributed by atoms with Gasteiger partial charge in [-0.1, -0.05) is 55.1 Å². The van der Waals surface area contributed by atoms with Crippen molar-refractivity contribution < 1.29 is 4.74 Å². The zero-order chi connectivity index (χ0) is 19.6. The maximum atomic E-state index is 5.71. The van der Waals surface area contributed by atoms with Crippen molar-refractivity contribution in [3.05, 3.63) is 84.5 Å². The molecule has 0 saturated heterocycles. The molecule has 1 aliphatic rings. The van der Waals surface area contributed by atoms with Gasteiger partial charge in [0.05, 0.1) is 0 Å². The zero-order valence-corrected chi connectivity index (χ0v) is 19.1. The Hall–Kier alpha value is -2.48. The lowest BCUT2D eigenvalue weighted by Gasteiger charge is -2.18. The highest BCUT2D eigenvalue weighted by Gasteiger charge is 2.07. The van der Waals surface area contributed by atoms with E-state index in [0.29, 0.717) is 19.7 Å². The average Bonchev–Trinajstić information content (AvgIpc) is 3.28. The zero-order valence-electron chi connectivity index (χ0n) is 16.8. The summed E-state index contributed by atoms with van der Waals surface area (Å²) in [4.78, 5) is 6.65. The van der Waals surface area contributed by atoms with Gasteiger partial charge >= 0.3 is 0 Å². The molecule has 1 heterocycles. The van der Waals surface area contributed by atoms with Crippen LogP contribution in [0.25, 0.3) is 0 Å². The van der Waals surface area contributed by atoms with Gasteiger partial charge in [-0.05, 0) is 23.8 Å². The van der Waals surface area contributed by atoms with E-state index in [2.05, 4.69) is 63.5 Å². The van der Waals surface area contributed by atoms with E-state index < -0.39 is 0 Å². The van der Waals surface area contributed by atoms with Crippen LogP contribution in [0.2, 0.25) is 0 Å². The summed E-state index contributed by atoms with van der Waals surface area (Å²) in [7, 11) is 1.78. The van der Waals surface area contributed by atoms with Gasteiger partial charge in [0, 0.05) is 44.5 Å². The maximum Gasteiger partial charge on any atom is 0.191 e. The van der Waals surface area contributed by atoms with Crippen LogP contribution < -0.4 is 20.3 Å². The van der Waals surface area contributed by atoms with E-state index in [1.807, 2.05) is 24.3 Å². The van der Waals surface area contributed by atoms with Crippen LogP contribution in [0.3, 0.4) is 0 Å². The second kappa shape index (κ2) is 12.2. The maximum absolute atomic E-state index is 5.71. The fourth-order valence-corrected chi connectivity index (χ4v) is 3.04. The molecule has 0 atom stereocenters. The smallest absolute Gasteiger partial charge is 0.191 e. The van der Waals surface area contributed by atoms with Crippen LogP contribution in [0, 0.1) is 0 Å². The molecule has 0 saturated carbocycles. The third kappa shape index (κ3) is 6.81. The number of aliphatic imine (C=N–C) groups is 1. The summed E-state index contributed by atoms with van der Waals surface area (Å²) in [5, 5.41) is 6.71. The Labute approximate surface area is 190 Å². The van der Waals surface area contributed by atoms with Crippen molar-refractivity contribution in [2.75, 3.05) is 31.6 Å². The summed E-state index contributed by atoms with van der Waals surface area (Å²) >= 11 is 0. The van der Waals surface area contributed by atoms with Gasteiger partial charge in [0.2, 0.25) is 0 Å². The van der Waals surface area contributed by atoms with Gasteiger partial charge in [-0.3, -0.25) is 4.99 Å². The van der Waals surface area contributed by atoms with Crippen molar-refractivity contribution >= 4 is 35.6 Å². The highest BCUT2D eigenvalue weighted by atomic mass is 127. The third-order valence-electron chi connectivity index (χ3n) is 4.58. The predicted molar refractivity (Wildman–Crippen MR) is 132 cm³/mol. The molecule has 0 bridgehead atoms. The summed E-state index contributed by atoms with van der Waals surface area (Å²) in [5.74, 6) is 1.61. The average molecular weight is 504 g/mol. The molecule has 6 heteroatoms. The van der Waals surface area contributed by atoms with E-state index >= 15 is 0 Å². The summed E-state index contributed by atoms with van der Waals surface area (Å²) < 4.78 is 5.71. The minimum atomic E-state index is 0. The van der Waals surface area contributed by atoms with Crippen molar-refractivity contribution in [2.45, 2.75) is 13.1 Å². The first-order valence-corrected chi connectivity index (χ1v) is 9.55. The summed E-state index contributed by atoms with van der Waals surface area (Å²) in [5.41, 5.74) is 3.55. The van der Waals surface area contributed by atoms with Crippen molar-refractivity contribution in [1.29, 1.82) is 0 Å². The lowest BCUT2D eigenvalue weighted by atomic mass is 10.2. The molecule has 154 valence electrons. The molecule has 29 heavy (non-hydrogen) atoms. The van der Waals surface area contributed by atoms with Gasteiger partial charge in [-0.2, -0.15) is 0 Å². The van der Waals surface area contributed by atoms with Crippen LogP contribution in [0.4, 0.5) is 5.69 Å². The molecule has 0 radical (unpaired) electrons. The fourth-order valence-electron chi connectivity index (χ4n) is 3.04. The Morgan fingerprint density at radius 3 is 2.45 bits per heavy atom. The number of ether oxygens (including phenoxy) is 1. The van der Waals surface area contributed by atoms with Crippen molar-refractivity contribution in [2.24, 2.45) is 4.99 Å². The van der Waals surface area contributed by atoms with Gasteiger partial charge in [0.1, 0.15) is 12.4 Å². The highest BCUT2D eigenvalue weighted by molar-refractivity contribution is 14.0. The van der Waals surface area contributed by atoms with Crippen LogP contribution in [0.1, 0.15) is 11.1 Å². The molecule has 2 N–H and O–H groups in total. The molecule has 0 fully saturated rings. The number of hydrogen-bond acceptors (Lipinski definition) is 3. The Balaban J connectivity index is 0.00000300. The number of anilines is 1. The van der Waals surface area contributed by atoms with Crippen LogP contribution in [-0.2, 0) is 13.1 Å². The van der Waals surface area contributed by atoms with Crippen molar-refractivity contribution in [1.82, 2.24) is 10.6 Å². The molecule has 0 unspecified atom stereocenters. The molecule has 2 aromatic carbocycles. The number of benzene rings is 2. The Kier molecular flexibility index (Phi) is 9.56. The highest BCUT2D eigenvalue weighted by Crippen LogP contribution is 2.18. The monoisotopic (exact) mass is 504 g/mol. The van der Waals surface area contributed by atoms with Crippen molar-refractivity contribution in [3.8, 4) is 5.75 Å². The first-order chi connectivity index (χ1) is 13.8.